The number of benzene rings is 1. The molecule has 0 radical (unpaired) electrons. The average Bonchev–Trinajstić information content (AvgIpc) is 2.32. The van der Waals surface area contributed by atoms with Crippen LogP contribution in [0.1, 0.15) is 25.8 Å². The van der Waals surface area contributed by atoms with Crippen LogP contribution in [0.15, 0.2) is 22.7 Å². The van der Waals surface area contributed by atoms with Crippen LogP contribution in [0.4, 0.5) is 10.5 Å². The Morgan fingerprint density at radius 1 is 1.35 bits per heavy atom. The van der Waals surface area contributed by atoms with E-state index < -0.39 is 18.0 Å². The molecule has 0 aliphatic heterocycles. The third-order valence-electron chi connectivity index (χ3n) is 2.76. The molecule has 20 heavy (non-hydrogen) atoms. The molecule has 0 aliphatic rings. The molecule has 0 aromatic heterocycles. The van der Waals surface area contributed by atoms with Crippen LogP contribution in [-0.4, -0.2) is 23.1 Å². The van der Waals surface area contributed by atoms with Gasteiger partial charge in [-0.1, -0.05) is 35.8 Å². The lowest BCUT2D eigenvalue weighted by Gasteiger charge is -2.17. The summed E-state index contributed by atoms with van der Waals surface area (Å²) < 4.78 is 0.843. The second-order valence-electron chi connectivity index (χ2n) is 5.08. The maximum absolute atomic E-state index is 11.9. The Kier molecular flexibility index (Phi) is 6.01. The van der Waals surface area contributed by atoms with E-state index in [1.165, 1.54) is 0 Å². The summed E-state index contributed by atoms with van der Waals surface area (Å²) in [6, 6.07) is 4.11. The molecule has 1 rings (SSSR count). The zero-order valence-electron chi connectivity index (χ0n) is 11.7. The third-order valence-corrected chi connectivity index (χ3v) is 3.25. The minimum absolute atomic E-state index is 0.184. The molecule has 110 valence electrons. The molecule has 3 N–H and O–H groups in total. The molecular weight excluding hydrogens is 324 g/mol. The van der Waals surface area contributed by atoms with E-state index >= 15 is 0 Å². The van der Waals surface area contributed by atoms with Crippen molar-refractivity contribution in [3.05, 3.63) is 28.2 Å². The topological polar surface area (TPSA) is 78.4 Å². The Balaban J connectivity index is 2.70. The number of amides is 2. The van der Waals surface area contributed by atoms with E-state index in [1.807, 2.05) is 32.9 Å². The highest BCUT2D eigenvalue weighted by Crippen LogP contribution is 2.20. The predicted molar refractivity (Wildman–Crippen MR) is 81.9 cm³/mol. The van der Waals surface area contributed by atoms with Gasteiger partial charge in [-0.3, -0.25) is 0 Å². The van der Waals surface area contributed by atoms with E-state index in [9.17, 15) is 9.59 Å². The van der Waals surface area contributed by atoms with Gasteiger partial charge in [0.1, 0.15) is 6.04 Å². The van der Waals surface area contributed by atoms with Gasteiger partial charge in [0, 0.05) is 10.2 Å². The average molecular weight is 343 g/mol. The normalized spacial score (nSPS) is 12.1. The second kappa shape index (κ2) is 7.28. The molecule has 0 saturated heterocycles. The van der Waals surface area contributed by atoms with Crippen LogP contribution in [0.2, 0.25) is 0 Å². The monoisotopic (exact) mass is 342 g/mol. The van der Waals surface area contributed by atoms with Crippen molar-refractivity contribution in [3.63, 3.8) is 0 Å². The number of anilines is 1. The summed E-state index contributed by atoms with van der Waals surface area (Å²) in [5, 5.41) is 14.2. The Hall–Kier alpha value is -1.56. The van der Waals surface area contributed by atoms with Crippen LogP contribution in [0.25, 0.3) is 0 Å². The first-order chi connectivity index (χ1) is 9.29. The van der Waals surface area contributed by atoms with E-state index in [0.29, 0.717) is 12.1 Å². The number of hydrogen-bond acceptors (Lipinski definition) is 2. The number of rotatable bonds is 5. The van der Waals surface area contributed by atoms with Gasteiger partial charge in [0.15, 0.2) is 0 Å². The molecule has 1 aromatic carbocycles. The van der Waals surface area contributed by atoms with Crippen LogP contribution < -0.4 is 10.6 Å². The number of urea groups is 1. The zero-order valence-corrected chi connectivity index (χ0v) is 13.3. The molecule has 2 amide bonds. The maximum Gasteiger partial charge on any atom is 0.326 e. The quantitative estimate of drug-likeness (QED) is 0.767. The van der Waals surface area contributed by atoms with Gasteiger partial charge in [-0.05, 0) is 37.0 Å². The van der Waals surface area contributed by atoms with E-state index in [4.69, 9.17) is 5.11 Å². The highest BCUT2D eigenvalue weighted by molar-refractivity contribution is 9.10. The van der Waals surface area contributed by atoms with Crippen molar-refractivity contribution in [2.75, 3.05) is 5.32 Å². The Morgan fingerprint density at radius 3 is 2.55 bits per heavy atom. The minimum Gasteiger partial charge on any atom is -0.480 e. The lowest BCUT2D eigenvalue weighted by molar-refractivity contribution is -0.139. The molecule has 1 aromatic rings. The number of nitrogens with one attached hydrogen (secondary N) is 2. The largest absolute Gasteiger partial charge is 0.480 e. The lowest BCUT2D eigenvalue weighted by Crippen LogP contribution is -2.43. The van der Waals surface area contributed by atoms with E-state index in [-0.39, 0.29) is 5.92 Å². The third kappa shape index (κ3) is 5.21. The van der Waals surface area contributed by atoms with Crippen LogP contribution in [0, 0.1) is 12.8 Å². The number of halogens is 1. The number of carboxylic acids is 1. The maximum atomic E-state index is 11.9. The van der Waals surface area contributed by atoms with Crippen molar-refractivity contribution in [2.24, 2.45) is 5.92 Å². The van der Waals surface area contributed by atoms with Crippen LogP contribution in [0.3, 0.4) is 0 Å². The second-order valence-corrected chi connectivity index (χ2v) is 5.99. The molecule has 0 bridgehead atoms. The Bertz CT molecular complexity index is 503. The van der Waals surface area contributed by atoms with Gasteiger partial charge in [0.05, 0.1) is 0 Å². The molecule has 6 heteroatoms. The standard InChI is InChI=1S/C14H19BrN2O3/c1-8(2)6-12(13(18)19)17-14(20)16-11-7-10(15)5-4-9(11)3/h4-5,7-8,12H,6H2,1-3H3,(H,18,19)(H2,16,17,20). The van der Waals surface area contributed by atoms with Crippen molar-refractivity contribution in [3.8, 4) is 0 Å². The van der Waals surface area contributed by atoms with Crippen molar-refractivity contribution < 1.29 is 14.7 Å². The fraction of sp³-hybridized carbons (Fsp3) is 0.429. The Labute approximate surface area is 126 Å². The number of carboxylic acid groups (broad SMARTS) is 1. The van der Waals surface area contributed by atoms with Gasteiger partial charge in [-0.15, -0.1) is 0 Å². The predicted octanol–water partition coefficient (Wildman–Crippen LogP) is 3.38. The molecule has 0 spiro atoms. The molecular formula is C14H19BrN2O3. The first kappa shape index (κ1) is 16.5. The highest BCUT2D eigenvalue weighted by Gasteiger charge is 2.21. The summed E-state index contributed by atoms with van der Waals surface area (Å²) in [4.78, 5) is 23.0. The molecule has 1 atom stereocenters. The van der Waals surface area contributed by atoms with Gasteiger partial charge in [-0.25, -0.2) is 9.59 Å². The highest BCUT2D eigenvalue weighted by atomic mass is 79.9. The van der Waals surface area contributed by atoms with E-state index in [0.717, 1.165) is 10.0 Å². The summed E-state index contributed by atoms with van der Waals surface area (Å²) in [5.41, 5.74) is 1.55. The molecule has 1 unspecified atom stereocenters. The number of hydrogen-bond donors (Lipinski definition) is 3. The van der Waals surface area contributed by atoms with Gasteiger partial charge >= 0.3 is 12.0 Å². The fourth-order valence-electron chi connectivity index (χ4n) is 1.74. The zero-order chi connectivity index (χ0) is 15.3. The smallest absolute Gasteiger partial charge is 0.326 e. The lowest BCUT2D eigenvalue weighted by atomic mass is 10.0. The molecule has 0 aliphatic carbocycles. The summed E-state index contributed by atoms with van der Waals surface area (Å²) in [6.07, 6.45) is 0.389. The molecule has 0 fully saturated rings. The fourth-order valence-corrected chi connectivity index (χ4v) is 2.10. The van der Waals surface area contributed by atoms with Gasteiger partial charge in [0.2, 0.25) is 0 Å². The SMILES string of the molecule is Cc1ccc(Br)cc1NC(=O)NC(CC(C)C)C(=O)O. The van der Waals surface area contributed by atoms with Crippen molar-refractivity contribution in [1.82, 2.24) is 5.32 Å². The summed E-state index contributed by atoms with van der Waals surface area (Å²) in [6.45, 7) is 5.69. The van der Waals surface area contributed by atoms with E-state index in [1.54, 1.807) is 6.07 Å². The van der Waals surface area contributed by atoms with Crippen molar-refractivity contribution in [1.29, 1.82) is 0 Å². The molecule has 0 heterocycles. The van der Waals surface area contributed by atoms with Crippen molar-refractivity contribution in [2.45, 2.75) is 33.2 Å². The number of aryl methyl sites for hydroxylation is 1. The summed E-state index contributed by atoms with van der Waals surface area (Å²) in [7, 11) is 0. The number of carbonyl (C=O) groups is 2. The summed E-state index contributed by atoms with van der Waals surface area (Å²) >= 11 is 3.33. The van der Waals surface area contributed by atoms with Crippen molar-refractivity contribution >= 4 is 33.6 Å². The van der Waals surface area contributed by atoms with Gasteiger partial charge in [0.25, 0.3) is 0 Å². The summed E-state index contributed by atoms with van der Waals surface area (Å²) in [5.74, 6) is -0.844. The van der Waals surface area contributed by atoms with Gasteiger partial charge in [-0.2, -0.15) is 0 Å². The molecule has 0 saturated carbocycles. The van der Waals surface area contributed by atoms with Crippen LogP contribution in [-0.2, 0) is 4.79 Å². The first-order valence-electron chi connectivity index (χ1n) is 6.36. The van der Waals surface area contributed by atoms with Gasteiger partial charge < -0.3 is 15.7 Å². The van der Waals surface area contributed by atoms with Crippen LogP contribution in [0.5, 0.6) is 0 Å². The number of carbonyl (C=O) groups excluding carboxylic acids is 1. The molecule has 5 nitrogen and oxygen atoms in total. The Morgan fingerprint density at radius 2 is 2.00 bits per heavy atom. The number of aliphatic carboxylic acids is 1. The minimum atomic E-state index is -1.03. The van der Waals surface area contributed by atoms with E-state index in [2.05, 4.69) is 26.6 Å². The van der Waals surface area contributed by atoms with Crippen LogP contribution >= 0.6 is 15.9 Å². The first-order valence-corrected chi connectivity index (χ1v) is 7.15.